The maximum atomic E-state index is 9.90. The van der Waals surface area contributed by atoms with Gasteiger partial charge in [-0.3, -0.25) is 0 Å². The average molecular weight is 267 g/mol. The normalized spacial score (nSPS) is 10.7. The van der Waals surface area contributed by atoms with Crippen LogP contribution in [0.1, 0.15) is 5.56 Å². The topological polar surface area (TPSA) is 66.5 Å². The van der Waals surface area contributed by atoms with E-state index in [1.165, 1.54) is 0 Å². The third kappa shape index (κ3) is 2.29. The van der Waals surface area contributed by atoms with Gasteiger partial charge >= 0.3 is 0 Å². The van der Waals surface area contributed by atoms with Gasteiger partial charge in [-0.1, -0.05) is 42.5 Å². The molecule has 1 heterocycles. The number of hydrogen-bond donors (Lipinski definition) is 2. The zero-order chi connectivity index (χ0) is 13.9. The highest BCUT2D eigenvalue weighted by Gasteiger charge is 2.15. The smallest absolute Gasteiger partial charge is 0.259 e. The van der Waals surface area contributed by atoms with Crippen LogP contribution in [0.2, 0.25) is 0 Å². The average Bonchev–Trinajstić information content (AvgIpc) is 2.90. The molecule has 1 aromatic heterocycles. The van der Waals surface area contributed by atoms with Crippen molar-refractivity contribution in [1.29, 1.82) is 0 Å². The highest BCUT2D eigenvalue weighted by molar-refractivity contribution is 5.66. The summed E-state index contributed by atoms with van der Waals surface area (Å²) < 4.78 is 5.64. The van der Waals surface area contributed by atoms with Gasteiger partial charge in [0.15, 0.2) is 5.76 Å². The van der Waals surface area contributed by atoms with Gasteiger partial charge in [0.1, 0.15) is 0 Å². The van der Waals surface area contributed by atoms with Crippen LogP contribution >= 0.6 is 0 Å². The van der Waals surface area contributed by atoms with Crippen molar-refractivity contribution in [1.82, 2.24) is 4.98 Å². The van der Waals surface area contributed by atoms with Crippen LogP contribution < -0.4 is 0 Å². The fraction of sp³-hybridized carbons (Fsp3) is 0.0625. The van der Waals surface area contributed by atoms with E-state index in [9.17, 15) is 5.11 Å². The van der Waals surface area contributed by atoms with Crippen LogP contribution in [0, 0.1) is 0 Å². The Morgan fingerprint density at radius 1 is 0.900 bits per heavy atom. The predicted octanol–water partition coefficient (Wildman–Crippen LogP) is 3.21. The maximum Gasteiger partial charge on any atom is 0.259 e. The SMILES string of the molecule is OCc1ccc(-c2nc(O)c(-c3ccccc3)o2)cc1. The minimum Gasteiger partial charge on any atom is -0.491 e. The summed E-state index contributed by atoms with van der Waals surface area (Å²) in [5, 5.41) is 18.9. The van der Waals surface area contributed by atoms with Gasteiger partial charge in [0.2, 0.25) is 5.89 Å². The van der Waals surface area contributed by atoms with Crippen molar-refractivity contribution in [2.24, 2.45) is 0 Å². The van der Waals surface area contributed by atoms with Gasteiger partial charge in [0.05, 0.1) is 6.61 Å². The standard InChI is InChI=1S/C16H13NO3/c18-10-11-6-8-13(9-7-11)16-17-15(19)14(20-16)12-4-2-1-3-5-12/h1-9,18-19H,10H2. The molecule has 0 bridgehead atoms. The second-order valence-corrected chi connectivity index (χ2v) is 4.39. The Kier molecular flexibility index (Phi) is 3.23. The zero-order valence-electron chi connectivity index (χ0n) is 10.7. The largest absolute Gasteiger partial charge is 0.491 e. The molecular formula is C16H13NO3. The molecule has 2 aromatic carbocycles. The summed E-state index contributed by atoms with van der Waals surface area (Å²) in [6.07, 6.45) is 0. The van der Waals surface area contributed by atoms with Crippen LogP contribution in [0.15, 0.2) is 59.0 Å². The van der Waals surface area contributed by atoms with Crippen LogP contribution in [-0.2, 0) is 6.61 Å². The number of aromatic hydroxyl groups is 1. The molecule has 0 atom stereocenters. The second kappa shape index (κ2) is 5.19. The number of rotatable bonds is 3. The Morgan fingerprint density at radius 3 is 2.25 bits per heavy atom. The number of nitrogens with zero attached hydrogens (tertiary/aromatic N) is 1. The van der Waals surface area contributed by atoms with Crippen molar-refractivity contribution < 1.29 is 14.6 Å². The van der Waals surface area contributed by atoms with E-state index in [-0.39, 0.29) is 12.5 Å². The fourth-order valence-corrected chi connectivity index (χ4v) is 1.97. The molecule has 0 fully saturated rings. The van der Waals surface area contributed by atoms with Gasteiger partial charge in [-0.2, -0.15) is 4.98 Å². The molecule has 3 aromatic rings. The van der Waals surface area contributed by atoms with Crippen LogP contribution in [0.3, 0.4) is 0 Å². The van der Waals surface area contributed by atoms with Crippen LogP contribution in [0.4, 0.5) is 0 Å². The molecule has 0 aliphatic carbocycles. The molecule has 2 N–H and O–H groups in total. The third-order valence-electron chi connectivity index (χ3n) is 3.03. The van der Waals surface area contributed by atoms with Gasteiger partial charge in [-0.15, -0.1) is 0 Å². The Hall–Kier alpha value is -2.59. The Labute approximate surface area is 116 Å². The van der Waals surface area contributed by atoms with Crippen molar-refractivity contribution in [3.05, 3.63) is 60.2 Å². The first kappa shape index (κ1) is 12.4. The molecule has 3 rings (SSSR count). The first-order valence-electron chi connectivity index (χ1n) is 6.23. The Balaban J connectivity index is 2.00. The van der Waals surface area contributed by atoms with E-state index in [4.69, 9.17) is 9.52 Å². The summed E-state index contributed by atoms with van der Waals surface area (Å²) in [6, 6.07) is 16.5. The number of oxazole rings is 1. The van der Waals surface area contributed by atoms with Crippen molar-refractivity contribution in [2.75, 3.05) is 0 Å². The molecule has 0 saturated carbocycles. The van der Waals surface area contributed by atoms with Gasteiger partial charge in [-0.05, 0) is 17.7 Å². The van der Waals surface area contributed by atoms with E-state index in [2.05, 4.69) is 4.98 Å². The van der Waals surface area contributed by atoms with Gasteiger partial charge in [0.25, 0.3) is 5.88 Å². The van der Waals surface area contributed by atoms with Crippen LogP contribution in [-0.4, -0.2) is 15.2 Å². The molecular weight excluding hydrogens is 254 g/mol. The number of benzene rings is 2. The Morgan fingerprint density at radius 2 is 1.60 bits per heavy atom. The summed E-state index contributed by atoms with van der Waals surface area (Å²) in [5.74, 6) is 0.579. The van der Waals surface area contributed by atoms with E-state index in [1.807, 2.05) is 30.3 Å². The van der Waals surface area contributed by atoms with E-state index in [1.54, 1.807) is 24.3 Å². The molecule has 4 nitrogen and oxygen atoms in total. The summed E-state index contributed by atoms with van der Waals surface area (Å²) in [7, 11) is 0. The van der Waals surface area contributed by atoms with Crippen molar-refractivity contribution >= 4 is 0 Å². The summed E-state index contributed by atoms with van der Waals surface area (Å²) in [5.41, 5.74) is 2.34. The highest BCUT2D eigenvalue weighted by Crippen LogP contribution is 2.33. The summed E-state index contributed by atoms with van der Waals surface area (Å²) in [6.45, 7) is -0.00756. The molecule has 20 heavy (non-hydrogen) atoms. The minimum absolute atomic E-state index is 0.00756. The molecule has 0 spiro atoms. The number of aliphatic hydroxyl groups is 1. The fourth-order valence-electron chi connectivity index (χ4n) is 1.97. The number of aromatic nitrogens is 1. The first-order chi connectivity index (χ1) is 9.78. The minimum atomic E-state index is -0.127. The quantitative estimate of drug-likeness (QED) is 0.764. The Bertz CT molecular complexity index is 702. The molecule has 0 aliphatic heterocycles. The predicted molar refractivity (Wildman–Crippen MR) is 75.0 cm³/mol. The monoisotopic (exact) mass is 267 g/mol. The van der Waals surface area contributed by atoms with Crippen molar-refractivity contribution in [3.63, 3.8) is 0 Å². The second-order valence-electron chi connectivity index (χ2n) is 4.39. The van der Waals surface area contributed by atoms with Crippen molar-refractivity contribution in [3.8, 4) is 28.7 Å². The lowest BCUT2D eigenvalue weighted by atomic mass is 10.1. The molecule has 0 saturated heterocycles. The molecule has 0 radical (unpaired) electrons. The highest BCUT2D eigenvalue weighted by atomic mass is 16.4. The van der Waals surface area contributed by atoms with E-state index in [0.29, 0.717) is 11.7 Å². The van der Waals surface area contributed by atoms with Gasteiger partial charge in [0, 0.05) is 11.1 Å². The maximum absolute atomic E-state index is 9.90. The van der Waals surface area contributed by atoms with Crippen LogP contribution in [0.5, 0.6) is 5.88 Å². The first-order valence-corrected chi connectivity index (χ1v) is 6.23. The molecule has 4 heteroatoms. The van der Waals surface area contributed by atoms with Gasteiger partial charge in [-0.25, -0.2) is 0 Å². The summed E-state index contributed by atoms with van der Waals surface area (Å²) >= 11 is 0. The molecule has 0 aliphatic rings. The summed E-state index contributed by atoms with van der Waals surface area (Å²) in [4.78, 5) is 4.04. The molecule has 0 amide bonds. The third-order valence-corrected chi connectivity index (χ3v) is 3.03. The van der Waals surface area contributed by atoms with Crippen molar-refractivity contribution in [2.45, 2.75) is 6.61 Å². The van der Waals surface area contributed by atoms with Crippen LogP contribution in [0.25, 0.3) is 22.8 Å². The van der Waals surface area contributed by atoms with E-state index in [0.717, 1.165) is 16.7 Å². The lowest BCUT2D eigenvalue weighted by Gasteiger charge is -1.98. The molecule has 0 unspecified atom stereocenters. The lowest BCUT2D eigenvalue weighted by Crippen LogP contribution is -1.82. The molecule has 100 valence electrons. The van der Waals surface area contributed by atoms with E-state index >= 15 is 0 Å². The van der Waals surface area contributed by atoms with E-state index < -0.39 is 0 Å². The number of aliphatic hydroxyl groups excluding tert-OH is 1. The van der Waals surface area contributed by atoms with Gasteiger partial charge < -0.3 is 14.6 Å². The number of hydrogen-bond acceptors (Lipinski definition) is 4. The zero-order valence-corrected chi connectivity index (χ0v) is 10.7. The lowest BCUT2D eigenvalue weighted by molar-refractivity contribution is 0.282.